The molecule has 4 bridgehead atoms. The quantitative estimate of drug-likeness (QED) is 0.806. The summed E-state index contributed by atoms with van der Waals surface area (Å²) in [7, 11) is 0. The van der Waals surface area contributed by atoms with Gasteiger partial charge in [-0.05, 0) is 24.3 Å². The van der Waals surface area contributed by atoms with Crippen molar-refractivity contribution in [2.75, 3.05) is 5.32 Å². The number of fused-ring (bicyclic) bond motifs is 9. The summed E-state index contributed by atoms with van der Waals surface area (Å²) in [6.07, 6.45) is 4.34. The number of ether oxygens (including phenoxy) is 2. The van der Waals surface area contributed by atoms with E-state index in [0.29, 0.717) is 10.7 Å². The molecule has 2 saturated heterocycles. The van der Waals surface area contributed by atoms with E-state index in [1.165, 1.54) is 0 Å². The minimum atomic E-state index is -1.46. The Kier molecular flexibility index (Phi) is 2.86. The maximum atomic E-state index is 13.4. The Morgan fingerprint density at radius 3 is 1.88 bits per heavy atom. The van der Waals surface area contributed by atoms with E-state index < -0.39 is 47.1 Å². The van der Waals surface area contributed by atoms with Gasteiger partial charge in [-0.15, -0.1) is 0 Å². The molecule has 0 radical (unpaired) electrons. The van der Waals surface area contributed by atoms with Crippen LogP contribution in [0.1, 0.15) is 0 Å². The lowest BCUT2D eigenvalue weighted by molar-refractivity contribution is -0.161. The molecule has 7 heteroatoms. The zero-order chi connectivity index (χ0) is 17.4. The second kappa shape index (κ2) is 4.72. The number of carboxylic acids is 1. The summed E-state index contributed by atoms with van der Waals surface area (Å²) in [6.45, 7) is 0. The Hall–Kier alpha value is -2.15. The van der Waals surface area contributed by atoms with Crippen molar-refractivity contribution < 1.29 is 24.2 Å². The maximum Gasteiger partial charge on any atom is 0.317 e. The number of benzene rings is 1. The van der Waals surface area contributed by atoms with Crippen molar-refractivity contribution in [3.63, 3.8) is 0 Å². The van der Waals surface area contributed by atoms with E-state index in [2.05, 4.69) is 5.32 Å². The van der Waals surface area contributed by atoms with Gasteiger partial charge in [-0.2, -0.15) is 0 Å². The standard InChI is InChI=1S/C18H14ClNO5/c19-9-1-3-10(4-2-9)20-15(21)17-11-5-7-13(24-11)18(17,16(22)23)14-8-6-12(17)25-14/h1-8,11-14H,(H,20,21)(H,22,23)/t11-,12+,13+,14-,17?,18?. The highest BCUT2D eigenvalue weighted by molar-refractivity contribution is 6.30. The lowest BCUT2D eigenvalue weighted by Gasteiger charge is -2.43. The second-order valence-electron chi connectivity index (χ2n) is 6.73. The Bertz CT molecular complexity index is 818. The summed E-state index contributed by atoms with van der Waals surface area (Å²) in [6, 6.07) is 6.67. The first-order valence-corrected chi connectivity index (χ1v) is 8.37. The van der Waals surface area contributed by atoms with Crippen LogP contribution >= 0.6 is 11.6 Å². The van der Waals surface area contributed by atoms with Gasteiger partial charge >= 0.3 is 5.97 Å². The van der Waals surface area contributed by atoms with Crippen LogP contribution in [0.4, 0.5) is 5.69 Å². The lowest BCUT2D eigenvalue weighted by Crippen LogP contribution is -2.63. The van der Waals surface area contributed by atoms with Crippen LogP contribution in [0, 0.1) is 10.8 Å². The number of hydrogen-bond acceptors (Lipinski definition) is 4. The van der Waals surface area contributed by atoms with Crippen molar-refractivity contribution in [3.8, 4) is 0 Å². The number of amides is 1. The first kappa shape index (κ1) is 15.1. The van der Waals surface area contributed by atoms with Crippen LogP contribution in [0.2, 0.25) is 5.02 Å². The fourth-order valence-corrected chi connectivity index (χ4v) is 4.96. The summed E-state index contributed by atoms with van der Waals surface area (Å²) in [5.74, 6) is -1.49. The molecule has 0 aliphatic carbocycles. The molecule has 2 N–H and O–H groups in total. The van der Waals surface area contributed by atoms with Gasteiger partial charge in [0.15, 0.2) is 0 Å². The summed E-state index contributed by atoms with van der Waals surface area (Å²) < 4.78 is 11.7. The zero-order valence-electron chi connectivity index (χ0n) is 12.9. The molecule has 0 saturated carbocycles. The van der Waals surface area contributed by atoms with Crippen LogP contribution in [-0.4, -0.2) is 41.4 Å². The van der Waals surface area contributed by atoms with Crippen LogP contribution in [0.3, 0.4) is 0 Å². The fourth-order valence-electron chi connectivity index (χ4n) is 4.84. The molecule has 2 unspecified atom stereocenters. The first-order valence-electron chi connectivity index (χ1n) is 7.99. The van der Waals surface area contributed by atoms with Gasteiger partial charge in [0.1, 0.15) is 10.8 Å². The molecular weight excluding hydrogens is 346 g/mol. The smallest absolute Gasteiger partial charge is 0.317 e. The Morgan fingerprint density at radius 1 is 0.920 bits per heavy atom. The molecule has 6 nitrogen and oxygen atoms in total. The molecule has 6 atom stereocenters. The molecule has 2 fully saturated rings. The van der Waals surface area contributed by atoms with Gasteiger partial charge in [-0.3, -0.25) is 9.59 Å². The number of anilines is 1. The number of carbonyl (C=O) groups excluding carboxylic acids is 1. The molecule has 1 amide bonds. The van der Waals surface area contributed by atoms with Gasteiger partial charge in [0.2, 0.25) is 5.91 Å². The molecule has 4 aliphatic heterocycles. The van der Waals surface area contributed by atoms with Crippen molar-refractivity contribution in [2.24, 2.45) is 10.8 Å². The van der Waals surface area contributed by atoms with E-state index >= 15 is 0 Å². The zero-order valence-corrected chi connectivity index (χ0v) is 13.6. The van der Waals surface area contributed by atoms with Crippen molar-refractivity contribution in [2.45, 2.75) is 24.4 Å². The molecular formula is C18H14ClNO5. The second-order valence-corrected chi connectivity index (χ2v) is 7.17. The Balaban J connectivity index is 1.63. The van der Waals surface area contributed by atoms with E-state index in [4.69, 9.17) is 21.1 Å². The molecule has 128 valence electrons. The number of aliphatic carboxylic acids is 1. The van der Waals surface area contributed by atoms with Gasteiger partial charge in [0, 0.05) is 10.7 Å². The van der Waals surface area contributed by atoms with E-state index in [9.17, 15) is 14.7 Å². The van der Waals surface area contributed by atoms with Gasteiger partial charge in [0.05, 0.1) is 24.4 Å². The topological polar surface area (TPSA) is 84.9 Å². The third kappa shape index (κ3) is 1.54. The van der Waals surface area contributed by atoms with Gasteiger partial charge in [0.25, 0.3) is 0 Å². The fraction of sp³-hybridized carbons (Fsp3) is 0.333. The van der Waals surface area contributed by atoms with Gasteiger partial charge < -0.3 is 19.9 Å². The highest BCUT2D eigenvalue weighted by Crippen LogP contribution is 2.68. The molecule has 1 aromatic rings. The molecule has 1 aromatic carbocycles. The number of nitrogens with one attached hydrogen (secondary N) is 1. The average Bonchev–Trinajstić information content (AvgIpc) is 3.34. The summed E-state index contributed by atoms with van der Waals surface area (Å²) in [4.78, 5) is 25.7. The van der Waals surface area contributed by atoms with Crippen molar-refractivity contribution in [1.82, 2.24) is 0 Å². The summed E-state index contributed by atoms with van der Waals surface area (Å²) in [5.41, 5.74) is -2.25. The van der Waals surface area contributed by atoms with Crippen molar-refractivity contribution in [1.29, 1.82) is 0 Å². The Labute approximate surface area is 148 Å². The lowest BCUT2D eigenvalue weighted by atomic mass is 9.52. The molecule has 4 aliphatic rings. The number of halogens is 1. The van der Waals surface area contributed by atoms with Gasteiger partial charge in [-0.25, -0.2) is 0 Å². The highest BCUT2D eigenvalue weighted by atomic mass is 35.5. The van der Waals surface area contributed by atoms with Crippen LogP contribution in [0.5, 0.6) is 0 Å². The summed E-state index contributed by atoms with van der Waals surface area (Å²) >= 11 is 5.88. The number of carboxylic acid groups (broad SMARTS) is 1. The van der Waals surface area contributed by atoms with Crippen molar-refractivity contribution in [3.05, 3.63) is 53.6 Å². The van der Waals surface area contributed by atoms with Crippen LogP contribution in [-0.2, 0) is 19.1 Å². The molecule has 25 heavy (non-hydrogen) atoms. The molecule has 0 spiro atoms. The Morgan fingerprint density at radius 2 is 1.40 bits per heavy atom. The van der Waals surface area contributed by atoms with Crippen LogP contribution < -0.4 is 5.32 Å². The van der Waals surface area contributed by atoms with Crippen LogP contribution in [0.25, 0.3) is 0 Å². The molecule has 4 heterocycles. The number of hydrogen-bond donors (Lipinski definition) is 2. The van der Waals surface area contributed by atoms with Gasteiger partial charge in [-0.1, -0.05) is 35.9 Å². The van der Waals surface area contributed by atoms with Crippen molar-refractivity contribution >= 4 is 29.2 Å². The van der Waals surface area contributed by atoms with E-state index in [1.54, 1.807) is 48.6 Å². The SMILES string of the molecule is O=C(O)C12[C@@H]3C=C[C@@H](O3)C1(C(=O)Nc1ccc(Cl)cc1)[C@@H]1C=C[C@H]2O1. The predicted octanol–water partition coefficient (Wildman–Crippen LogP) is 2.01. The molecule has 0 aromatic heterocycles. The maximum absolute atomic E-state index is 13.4. The monoisotopic (exact) mass is 359 g/mol. The normalized spacial score (nSPS) is 42.0. The van der Waals surface area contributed by atoms with E-state index in [0.717, 1.165) is 0 Å². The average molecular weight is 360 g/mol. The first-order chi connectivity index (χ1) is 12.0. The third-order valence-corrected chi connectivity index (χ3v) is 6.07. The third-order valence-electron chi connectivity index (χ3n) is 5.82. The number of rotatable bonds is 3. The minimum Gasteiger partial charge on any atom is -0.481 e. The highest BCUT2D eigenvalue weighted by Gasteiger charge is 2.84. The predicted molar refractivity (Wildman–Crippen MR) is 88.2 cm³/mol. The minimum absolute atomic E-state index is 0.411. The molecule has 5 rings (SSSR count). The van der Waals surface area contributed by atoms with E-state index in [-0.39, 0.29) is 0 Å². The van der Waals surface area contributed by atoms with Crippen LogP contribution in [0.15, 0.2) is 48.6 Å². The largest absolute Gasteiger partial charge is 0.481 e. The van der Waals surface area contributed by atoms with E-state index in [1.807, 2.05) is 0 Å². The number of carbonyl (C=O) groups is 2. The summed E-state index contributed by atoms with van der Waals surface area (Å²) in [5, 5.41) is 13.5.